The van der Waals surface area contributed by atoms with Crippen LogP contribution in [-0.2, 0) is 0 Å². The van der Waals surface area contributed by atoms with Crippen LogP contribution < -0.4 is 10.6 Å². The number of hydrogen-bond acceptors (Lipinski definition) is 4. The topological polar surface area (TPSA) is 66.9 Å². The zero-order valence-electron chi connectivity index (χ0n) is 13.3. The van der Waals surface area contributed by atoms with Crippen molar-refractivity contribution in [3.63, 3.8) is 0 Å². The monoisotopic (exact) mass is 372 g/mol. The minimum absolute atomic E-state index is 0.224. The van der Waals surface area contributed by atoms with E-state index in [0.717, 1.165) is 0 Å². The van der Waals surface area contributed by atoms with E-state index in [0.29, 0.717) is 27.1 Å². The van der Waals surface area contributed by atoms with E-state index in [9.17, 15) is 4.79 Å². The van der Waals surface area contributed by atoms with Gasteiger partial charge in [0.2, 0.25) is 5.95 Å². The van der Waals surface area contributed by atoms with Crippen LogP contribution >= 0.6 is 23.2 Å². The Kier molecular flexibility index (Phi) is 5.16. The molecule has 0 unspecified atom stereocenters. The number of nitrogens with one attached hydrogen (secondary N) is 2. The van der Waals surface area contributed by atoms with Gasteiger partial charge in [-0.05, 0) is 37.3 Å². The first-order valence-corrected chi connectivity index (χ1v) is 8.21. The zero-order valence-corrected chi connectivity index (χ0v) is 14.8. The predicted molar refractivity (Wildman–Crippen MR) is 101 cm³/mol. The number of rotatable bonds is 4. The maximum Gasteiger partial charge on any atom is 0.274 e. The van der Waals surface area contributed by atoms with Crippen molar-refractivity contribution in [3.05, 3.63) is 76.0 Å². The maximum atomic E-state index is 12.5. The largest absolute Gasteiger partial charge is 0.323 e. The molecule has 1 heterocycles. The summed E-state index contributed by atoms with van der Waals surface area (Å²) in [6.45, 7) is 1.78. The van der Waals surface area contributed by atoms with Gasteiger partial charge in [-0.25, -0.2) is 9.97 Å². The molecule has 0 radical (unpaired) electrons. The number of carbonyl (C=O) groups excluding carboxylic acids is 1. The SMILES string of the molecule is Cc1cc(C(=O)Nc2ccccc2Cl)nc(Nc2ccccc2Cl)n1. The van der Waals surface area contributed by atoms with Gasteiger partial charge in [-0.15, -0.1) is 0 Å². The molecule has 2 N–H and O–H groups in total. The first-order chi connectivity index (χ1) is 12.0. The molecule has 126 valence electrons. The van der Waals surface area contributed by atoms with Crippen molar-refractivity contribution in [2.75, 3.05) is 10.6 Å². The summed E-state index contributed by atoms with van der Waals surface area (Å²) in [4.78, 5) is 21.0. The second-order valence-corrected chi connectivity index (χ2v) is 6.07. The van der Waals surface area contributed by atoms with Gasteiger partial charge in [0.25, 0.3) is 5.91 Å². The van der Waals surface area contributed by atoms with Crippen LogP contribution in [0.2, 0.25) is 10.0 Å². The Balaban J connectivity index is 1.85. The Labute approximate surface area is 155 Å². The summed E-state index contributed by atoms with van der Waals surface area (Å²) in [6, 6.07) is 15.8. The third-order valence-electron chi connectivity index (χ3n) is 3.33. The van der Waals surface area contributed by atoms with Crippen molar-refractivity contribution in [3.8, 4) is 0 Å². The van der Waals surface area contributed by atoms with Crippen molar-refractivity contribution >= 4 is 46.4 Å². The second-order valence-electron chi connectivity index (χ2n) is 5.26. The molecule has 1 aromatic heterocycles. The Morgan fingerprint density at radius 3 is 2.16 bits per heavy atom. The molecule has 5 nitrogen and oxygen atoms in total. The van der Waals surface area contributed by atoms with Crippen molar-refractivity contribution in [2.24, 2.45) is 0 Å². The highest BCUT2D eigenvalue weighted by molar-refractivity contribution is 6.34. The van der Waals surface area contributed by atoms with E-state index in [-0.39, 0.29) is 17.5 Å². The molecule has 3 aromatic rings. The molecule has 3 rings (SSSR count). The number of aryl methyl sites for hydroxylation is 1. The first kappa shape index (κ1) is 17.2. The number of carbonyl (C=O) groups is 1. The quantitative estimate of drug-likeness (QED) is 0.669. The fraction of sp³-hybridized carbons (Fsp3) is 0.0556. The summed E-state index contributed by atoms with van der Waals surface area (Å²) in [5.74, 6) is -0.0850. The highest BCUT2D eigenvalue weighted by Crippen LogP contribution is 2.24. The molecule has 0 spiro atoms. The summed E-state index contributed by atoms with van der Waals surface area (Å²) in [5, 5.41) is 6.76. The lowest BCUT2D eigenvalue weighted by Gasteiger charge is -2.10. The fourth-order valence-electron chi connectivity index (χ4n) is 2.17. The molecule has 1 amide bonds. The predicted octanol–water partition coefficient (Wildman–Crippen LogP) is 5.09. The van der Waals surface area contributed by atoms with Crippen LogP contribution in [-0.4, -0.2) is 15.9 Å². The van der Waals surface area contributed by atoms with E-state index in [1.165, 1.54) is 0 Å². The van der Waals surface area contributed by atoms with E-state index < -0.39 is 0 Å². The Hall–Kier alpha value is -2.63. The number of aromatic nitrogens is 2. The average molecular weight is 373 g/mol. The van der Waals surface area contributed by atoms with E-state index in [2.05, 4.69) is 20.6 Å². The molecular weight excluding hydrogens is 359 g/mol. The number of nitrogens with zero attached hydrogens (tertiary/aromatic N) is 2. The third-order valence-corrected chi connectivity index (χ3v) is 3.99. The van der Waals surface area contributed by atoms with E-state index in [1.807, 2.05) is 12.1 Å². The highest BCUT2D eigenvalue weighted by Gasteiger charge is 2.13. The van der Waals surface area contributed by atoms with Crippen LogP contribution in [0.15, 0.2) is 54.6 Å². The molecule has 25 heavy (non-hydrogen) atoms. The fourth-order valence-corrected chi connectivity index (χ4v) is 2.54. The number of halogens is 2. The molecule has 0 fully saturated rings. The molecule has 0 saturated heterocycles. The molecule has 0 aliphatic heterocycles. The number of para-hydroxylation sites is 2. The molecular formula is C18H14Cl2N4O. The van der Waals surface area contributed by atoms with Crippen LogP contribution in [0.1, 0.15) is 16.2 Å². The van der Waals surface area contributed by atoms with Crippen LogP contribution in [0, 0.1) is 6.92 Å². The summed E-state index contributed by atoms with van der Waals surface area (Å²) >= 11 is 12.2. The average Bonchev–Trinajstić information content (AvgIpc) is 2.58. The van der Waals surface area contributed by atoms with Gasteiger partial charge in [0.1, 0.15) is 5.69 Å². The zero-order chi connectivity index (χ0) is 17.8. The van der Waals surface area contributed by atoms with E-state index >= 15 is 0 Å². The van der Waals surface area contributed by atoms with Gasteiger partial charge in [-0.1, -0.05) is 47.5 Å². The molecule has 0 saturated carbocycles. The molecule has 0 bridgehead atoms. The lowest BCUT2D eigenvalue weighted by Crippen LogP contribution is -2.15. The summed E-state index contributed by atoms with van der Waals surface area (Å²) in [5.41, 5.74) is 2.05. The van der Waals surface area contributed by atoms with E-state index in [1.54, 1.807) is 49.4 Å². The lowest BCUT2D eigenvalue weighted by atomic mass is 10.3. The number of anilines is 3. The molecule has 0 atom stereocenters. The van der Waals surface area contributed by atoms with Crippen LogP contribution in [0.5, 0.6) is 0 Å². The highest BCUT2D eigenvalue weighted by atomic mass is 35.5. The number of hydrogen-bond donors (Lipinski definition) is 2. The van der Waals surface area contributed by atoms with Gasteiger partial charge in [0.05, 0.1) is 21.4 Å². The smallest absolute Gasteiger partial charge is 0.274 e. The van der Waals surface area contributed by atoms with Gasteiger partial charge < -0.3 is 10.6 Å². The summed E-state index contributed by atoms with van der Waals surface area (Å²) < 4.78 is 0. The van der Waals surface area contributed by atoms with Crippen LogP contribution in [0.3, 0.4) is 0 Å². The molecule has 0 aliphatic carbocycles. The normalized spacial score (nSPS) is 10.4. The minimum atomic E-state index is -0.374. The van der Waals surface area contributed by atoms with Crippen LogP contribution in [0.25, 0.3) is 0 Å². The third kappa shape index (κ3) is 4.26. The first-order valence-electron chi connectivity index (χ1n) is 7.46. The van der Waals surface area contributed by atoms with Gasteiger partial charge in [0.15, 0.2) is 0 Å². The van der Waals surface area contributed by atoms with Crippen molar-refractivity contribution in [2.45, 2.75) is 6.92 Å². The Morgan fingerprint density at radius 1 is 0.920 bits per heavy atom. The maximum absolute atomic E-state index is 12.5. The standard InChI is InChI=1S/C18H14Cl2N4O/c1-11-10-16(17(25)22-14-8-4-2-6-12(14)19)24-18(21-11)23-15-9-5-3-7-13(15)20/h2-10H,1H3,(H,22,25)(H,21,23,24). The number of amides is 1. The van der Waals surface area contributed by atoms with E-state index in [4.69, 9.17) is 23.2 Å². The summed E-state index contributed by atoms with van der Waals surface area (Å²) in [6.07, 6.45) is 0. The summed E-state index contributed by atoms with van der Waals surface area (Å²) in [7, 11) is 0. The van der Waals surface area contributed by atoms with Gasteiger partial charge in [0, 0.05) is 5.69 Å². The Bertz CT molecular complexity index is 930. The minimum Gasteiger partial charge on any atom is -0.323 e. The molecule has 7 heteroatoms. The van der Waals surface area contributed by atoms with Crippen molar-refractivity contribution in [1.29, 1.82) is 0 Å². The van der Waals surface area contributed by atoms with Gasteiger partial charge in [-0.2, -0.15) is 0 Å². The van der Waals surface area contributed by atoms with Crippen LogP contribution in [0.4, 0.5) is 17.3 Å². The Morgan fingerprint density at radius 2 is 1.52 bits per heavy atom. The molecule has 2 aromatic carbocycles. The van der Waals surface area contributed by atoms with Gasteiger partial charge in [-0.3, -0.25) is 4.79 Å². The van der Waals surface area contributed by atoms with Crippen molar-refractivity contribution < 1.29 is 4.79 Å². The van der Waals surface area contributed by atoms with Crippen molar-refractivity contribution in [1.82, 2.24) is 9.97 Å². The second kappa shape index (κ2) is 7.51. The number of benzene rings is 2. The molecule has 0 aliphatic rings. The van der Waals surface area contributed by atoms with Gasteiger partial charge >= 0.3 is 0 Å². The lowest BCUT2D eigenvalue weighted by molar-refractivity contribution is 0.102.